The van der Waals surface area contributed by atoms with Crippen LogP contribution in [0.2, 0.25) is 0 Å². The van der Waals surface area contributed by atoms with E-state index in [-0.39, 0.29) is 36.6 Å². The molecule has 3 heterocycles. The lowest BCUT2D eigenvalue weighted by atomic mass is 10.0. The van der Waals surface area contributed by atoms with Gasteiger partial charge in [0.1, 0.15) is 11.8 Å². The fourth-order valence-electron chi connectivity index (χ4n) is 6.51. The zero-order valence-electron chi connectivity index (χ0n) is 32.1. The van der Waals surface area contributed by atoms with Gasteiger partial charge in [0, 0.05) is 51.8 Å². The highest BCUT2D eigenvalue weighted by Crippen LogP contribution is 2.27. The molecule has 15 nitrogen and oxygen atoms in total. The monoisotopic (exact) mass is 768 g/mol. The zero-order valence-corrected chi connectivity index (χ0v) is 32.1. The molecule has 0 bridgehead atoms. The number of nitrogens with two attached hydrogens (primary N) is 2. The number of hydrogen-bond acceptors (Lipinski definition) is 10. The summed E-state index contributed by atoms with van der Waals surface area (Å²) in [6, 6.07) is 20.5. The Balaban J connectivity index is 0.000000212. The second-order valence-corrected chi connectivity index (χ2v) is 14.0. The van der Waals surface area contributed by atoms with Crippen LogP contribution in [-0.2, 0) is 54.9 Å². The van der Waals surface area contributed by atoms with Crippen LogP contribution in [0.5, 0.6) is 5.75 Å². The Kier molecular flexibility index (Phi) is 15.5. The van der Waals surface area contributed by atoms with Crippen LogP contribution in [0.1, 0.15) is 72.9 Å². The van der Waals surface area contributed by atoms with Crippen molar-refractivity contribution in [3.05, 3.63) is 106 Å². The maximum absolute atomic E-state index is 12.3. The second kappa shape index (κ2) is 20.5. The van der Waals surface area contributed by atoms with Crippen molar-refractivity contribution in [3.8, 4) is 5.75 Å². The van der Waals surface area contributed by atoms with E-state index in [1.54, 1.807) is 37.2 Å². The van der Waals surface area contributed by atoms with E-state index in [0.717, 1.165) is 29.5 Å². The lowest BCUT2D eigenvalue weighted by Crippen LogP contribution is -2.48. The summed E-state index contributed by atoms with van der Waals surface area (Å²) >= 11 is 0. The standard InChI is InChI=1S/C19H22N4O.C17H21N3O5.C5H9NO/c1-14(24)22-10-16-8-5-9-17(18(16)12-22)11-23(21)13-19(20)15-6-3-2-4-7-15;1-11-4-5-12(7-14(11)22)8-19-17(25)16(24)13-3-2-6-20(13)15(23)9-18-10-21;1-4-2-3-5(7)6-4/h2-9,13H,10-12,20-21H2,1H3;4-5,7,10,13,22H,2-3,6,8-9H2,1H3,(H,18,21)(H,19,25);4H,2-3H2,1H3,(H,6,7)/b19-13-;;. The number of phenols is 1. The van der Waals surface area contributed by atoms with Crippen LogP contribution < -0.4 is 27.5 Å². The first-order chi connectivity index (χ1) is 26.8. The van der Waals surface area contributed by atoms with E-state index in [2.05, 4.69) is 28.1 Å². The van der Waals surface area contributed by atoms with Crippen LogP contribution in [0, 0.1) is 6.92 Å². The molecule has 3 aromatic rings. The molecule has 15 heteroatoms. The van der Waals surface area contributed by atoms with E-state index in [4.69, 9.17) is 11.6 Å². The predicted octanol–water partition coefficient (Wildman–Crippen LogP) is 2.09. The number of nitrogens with one attached hydrogen (secondary N) is 3. The molecule has 2 atom stereocenters. The molecule has 0 spiro atoms. The number of ketones is 1. The molecule has 3 aliphatic rings. The summed E-state index contributed by atoms with van der Waals surface area (Å²) in [7, 11) is 0. The molecule has 3 aliphatic heterocycles. The number of fused-ring (bicyclic) bond motifs is 1. The highest BCUT2D eigenvalue weighted by Gasteiger charge is 2.36. The fraction of sp³-hybridized carbons (Fsp3) is 0.366. The molecule has 3 aromatic carbocycles. The van der Waals surface area contributed by atoms with Crippen molar-refractivity contribution < 1.29 is 33.9 Å². The molecule has 0 aliphatic carbocycles. The molecule has 5 amide bonds. The van der Waals surface area contributed by atoms with Crippen LogP contribution in [0.4, 0.5) is 0 Å². The van der Waals surface area contributed by atoms with Gasteiger partial charge >= 0.3 is 0 Å². The van der Waals surface area contributed by atoms with Crippen molar-refractivity contribution in [3.63, 3.8) is 0 Å². The third-order valence-electron chi connectivity index (χ3n) is 9.67. The number of phenolic OH excluding ortho intramolecular Hbond substituents is 1. The van der Waals surface area contributed by atoms with Gasteiger partial charge in [0.2, 0.25) is 29.9 Å². The van der Waals surface area contributed by atoms with Crippen molar-refractivity contribution in [1.29, 1.82) is 0 Å². The van der Waals surface area contributed by atoms with Crippen LogP contribution in [0.3, 0.4) is 0 Å². The third-order valence-corrected chi connectivity index (χ3v) is 9.67. The Bertz CT molecular complexity index is 1920. The number of benzene rings is 3. The Labute approximate surface area is 327 Å². The lowest BCUT2D eigenvalue weighted by Gasteiger charge is -2.23. The van der Waals surface area contributed by atoms with Gasteiger partial charge in [-0.2, -0.15) is 0 Å². The lowest BCUT2D eigenvalue weighted by molar-refractivity contribution is -0.144. The van der Waals surface area contributed by atoms with Gasteiger partial charge < -0.3 is 41.6 Å². The summed E-state index contributed by atoms with van der Waals surface area (Å²) < 4.78 is 0. The molecular weight excluding hydrogens is 717 g/mol. The number of rotatable bonds is 11. The van der Waals surface area contributed by atoms with E-state index in [1.807, 2.05) is 48.2 Å². The number of hydrogen-bond donors (Lipinski definition) is 6. The van der Waals surface area contributed by atoms with Crippen LogP contribution >= 0.6 is 0 Å². The highest BCUT2D eigenvalue weighted by atomic mass is 16.3. The molecule has 0 aromatic heterocycles. The number of nitrogens with zero attached hydrogens (tertiary/aromatic N) is 3. The highest BCUT2D eigenvalue weighted by molar-refractivity contribution is 6.38. The quantitative estimate of drug-likeness (QED) is 0.0722. The van der Waals surface area contributed by atoms with Crippen molar-refractivity contribution in [2.75, 3.05) is 13.1 Å². The molecule has 2 fully saturated rings. The number of carbonyl (C=O) groups is 6. The van der Waals surface area contributed by atoms with E-state index in [0.29, 0.717) is 62.7 Å². The van der Waals surface area contributed by atoms with Crippen molar-refractivity contribution in [1.82, 2.24) is 30.8 Å². The fourth-order valence-corrected chi connectivity index (χ4v) is 6.51. The van der Waals surface area contributed by atoms with E-state index >= 15 is 0 Å². The van der Waals surface area contributed by atoms with Gasteiger partial charge in [-0.05, 0) is 72.6 Å². The number of amides is 5. The molecule has 0 saturated carbocycles. The van der Waals surface area contributed by atoms with Crippen LogP contribution in [0.15, 0.2) is 72.9 Å². The first kappa shape index (κ1) is 42.5. The van der Waals surface area contributed by atoms with Gasteiger partial charge in [-0.25, -0.2) is 5.84 Å². The zero-order chi connectivity index (χ0) is 40.8. The van der Waals surface area contributed by atoms with Gasteiger partial charge in [-0.1, -0.05) is 60.7 Å². The number of aromatic hydroxyl groups is 1. The topological polar surface area (TPSA) is 220 Å². The molecule has 2 unspecified atom stereocenters. The summed E-state index contributed by atoms with van der Waals surface area (Å²) in [6.45, 7) is 7.53. The smallest absolute Gasteiger partial charge is 0.289 e. The number of hydrazine groups is 1. The summed E-state index contributed by atoms with van der Waals surface area (Å²) in [4.78, 5) is 71.8. The number of likely N-dealkylation sites (tertiary alicyclic amines) is 1. The average molecular weight is 769 g/mol. The van der Waals surface area contributed by atoms with E-state index < -0.39 is 17.7 Å². The summed E-state index contributed by atoms with van der Waals surface area (Å²) in [5, 5.41) is 18.8. The molecule has 2 saturated heterocycles. The van der Waals surface area contributed by atoms with Crippen molar-refractivity contribution in [2.24, 2.45) is 11.6 Å². The minimum atomic E-state index is -0.799. The Morgan fingerprint density at radius 3 is 2.41 bits per heavy atom. The molecule has 56 heavy (non-hydrogen) atoms. The number of carbonyl (C=O) groups excluding carboxylic acids is 6. The predicted molar refractivity (Wildman–Crippen MR) is 210 cm³/mol. The third kappa shape index (κ3) is 12.1. The Hall–Kier alpha value is -6.22. The molecule has 8 N–H and O–H groups in total. The largest absolute Gasteiger partial charge is 0.508 e. The van der Waals surface area contributed by atoms with E-state index in [1.165, 1.54) is 22.1 Å². The average Bonchev–Trinajstić information content (AvgIpc) is 3.95. The van der Waals surface area contributed by atoms with Gasteiger partial charge in [0.05, 0.1) is 18.8 Å². The molecule has 0 radical (unpaired) electrons. The summed E-state index contributed by atoms with van der Waals surface area (Å²) in [5.74, 6) is 4.71. The molecular formula is C41H52N8O7. The van der Waals surface area contributed by atoms with Crippen LogP contribution in [0.25, 0.3) is 5.70 Å². The summed E-state index contributed by atoms with van der Waals surface area (Å²) in [5.41, 5.74) is 12.6. The maximum Gasteiger partial charge on any atom is 0.289 e. The van der Waals surface area contributed by atoms with Crippen molar-refractivity contribution >= 4 is 41.5 Å². The van der Waals surface area contributed by atoms with Gasteiger partial charge in [-0.3, -0.25) is 28.8 Å². The molecule has 6 rings (SSSR count). The van der Waals surface area contributed by atoms with Gasteiger partial charge in [0.15, 0.2) is 0 Å². The number of Topliss-reactive ketones (excluding diaryl/α,β-unsaturated/α-hetero) is 1. The first-order valence-electron chi connectivity index (χ1n) is 18.5. The molecule has 298 valence electrons. The van der Waals surface area contributed by atoms with Crippen LogP contribution in [-0.4, -0.2) is 80.9 Å². The Morgan fingerprint density at radius 2 is 1.79 bits per heavy atom. The maximum atomic E-state index is 12.3. The summed E-state index contributed by atoms with van der Waals surface area (Å²) in [6.07, 6.45) is 4.94. The Morgan fingerprint density at radius 1 is 1.04 bits per heavy atom. The number of aryl methyl sites for hydroxylation is 1. The SMILES string of the molecule is CC(=O)N1Cc2cccc(CN(N)/C=C(\N)c3ccccc3)c2C1.CC1CCC(=O)N1.Cc1ccc(CNC(=O)C(=O)C2CCCN2C(=O)CNC=O)cc1O. The minimum Gasteiger partial charge on any atom is -0.508 e. The normalized spacial score (nSPS) is 17.0. The second-order valence-electron chi connectivity index (χ2n) is 14.0. The van der Waals surface area contributed by atoms with E-state index in [9.17, 15) is 33.9 Å². The first-order valence-corrected chi connectivity index (χ1v) is 18.5. The minimum absolute atomic E-state index is 0.0926. The van der Waals surface area contributed by atoms with Gasteiger partial charge in [-0.15, -0.1) is 0 Å². The van der Waals surface area contributed by atoms with Gasteiger partial charge in [0.25, 0.3) is 5.91 Å². The van der Waals surface area contributed by atoms with Crippen molar-refractivity contribution in [2.45, 2.75) is 84.7 Å².